The summed E-state index contributed by atoms with van der Waals surface area (Å²) in [5.41, 5.74) is -0.429. The highest BCUT2D eigenvalue weighted by Crippen LogP contribution is 2.39. The van der Waals surface area contributed by atoms with Gasteiger partial charge in [-0.2, -0.15) is 0 Å². The lowest BCUT2D eigenvalue weighted by molar-refractivity contribution is -0.151. The third-order valence-corrected chi connectivity index (χ3v) is 4.09. The van der Waals surface area contributed by atoms with Crippen LogP contribution in [0.3, 0.4) is 0 Å². The lowest BCUT2D eigenvalue weighted by Gasteiger charge is -2.35. The Labute approximate surface area is 98.8 Å². The van der Waals surface area contributed by atoms with Gasteiger partial charge in [0.1, 0.15) is 0 Å². The fourth-order valence-corrected chi connectivity index (χ4v) is 2.45. The van der Waals surface area contributed by atoms with Crippen LogP contribution < -0.4 is 0 Å². The zero-order valence-electron chi connectivity index (χ0n) is 10.8. The molecule has 1 aliphatic rings. The maximum Gasteiger partial charge on any atom is 0.309 e. The van der Waals surface area contributed by atoms with E-state index in [1.165, 1.54) is 6.42 Å². The molecule has 1 aliphatic carbocycles. The lowest BCUT2D eigenvalue weighted by atomic mass is 9.72. The number of carboxylic acids is 1. The first kappa shape index (κ1) is 13.5. The van der Waals surface area contributed by atoms with Gasteiger partial charge in [-0.05, 0) is 46.7 Å². The Morgan fingerprint density at radius 2 is 1.88 bits per heavy atom. The standard InChI is InChI=1S/C13H25NO2/c1-11(2)14(3)10-9-13(12(15)16)7-5-4-6-8-13/h11H,4-10H2,1-3H3,(H,15,16). The summed E-state index contributed by atoms with van der Waals surface area (Å²) >= 11 is 0. The highest BCUT2D eigenvalue weighted by atomic mass is 16.4. The molecular formula is C13H25NO2. The molecule has 0 saturated heterocycles. The van der Waals surface area contributed by atoms with Crippen LogP contribution in [0.2, 0.25) is 0 Å². The third kappa shape index (κ3) is 3.21. The average molecular weight is 227 g/mol. The molecule has 0 spiro atoms. The van der Waals surface area contributed by atoms with Crippen molar-refractivity contribution < 1.29 is 9.90 Å². The molecule has 1 N–H and O–H groups in total. The Balaban J connectivity index is 2.54. The van der Waals surface area contributed by atoms with E-state index in [-0.39, 0.29) is 0 Å². The van der Waals surface area contributed by atoms with Crippen LogP contribution >= 0.6 is 0 Å². The molecule has 3 nitrogen and oxygen atoms in total. The van der Waals surface area contributed by atoms with Crippen LogP contribution in [0, 0.1) is 5.41 Å². The van der Waals surface area contributed by atoms with Crippen molar-refractivity contribution >= 4 is 5.97 Å². The summed E-state index contributed by atoms with van der Waals surface area (Å²) in [6.07, 6.45) is 5.91. The largest absolute Gasteiger partial charge is 0.481 e. The molecule has 0 aliphatic heterocycles. The molecule has 0 amide bonds. The van der Waals surface area contributed by atoms with Gasteiger partial charge < -0.3 is 10.0 Å². The number of rotatable bonds is 5. The maximum atomic E-state index is 11.4. The van der Waals surface area contributed by atoms with Crippen molar-refractivity contribution in [2.45, 2.75) is 58.4 Å². The third-order valence-electron chi connectivity index (χ3n) is 4.09. The molecular weight excluding hydrogens is 202 g/mol. The Hall–Kier alpha value is -0.570. The van der Waals surface area contributed by atoms with Crippen LogP contribution in [0.5, 0.6) is 0 Å². The topological polar surface area (TPSA) is 40.5 Å². The molecule has 3 heteroatoms. The highest BCUT2D eigenvalue weighted by molar-refractivity contribution is 5.74. The highest BCUT2D eigenvalue weighted by Gasteiger charge is 2.39. The average Bonchev–Trinajstić information content (AvgIpc) is 2.26. The van der Waals surface area contributed by atoms with Crippen LogP contribution in [-0.4, -0.2) is 35.6 Å². The van der Waals surface area contributed by atoms with Crippen molar-refractivity contribution in [1.82, 2.24) is 4.90 Å². The van der Waals surface area contributed by atoms with E-state index in [0.717, 1.165) is 38.6 Å². The van der Waals surface area contributed by atoms with Gasteiger partial charge in [-0.3, -0.25) is 4.79 Å². The van der Waals surface area contributed by atoms with Gasteiger partial charge in [0, 0.05) is 6.04 Å². The molecule has 0 atom stereocenters. The van der Waals surface area contributed by atoms with Gasteiger partial charge in [0.2, 0.25) is 0 Å². The van der Waals surface area contributed by atoms with Crippen molar-refractivity contribution in [2.75, 3.05) is 13.6 Å². The van der Waals surface area contributed by atoms with Crippen molar-refractivity contribution in [1.29, 1.82) is 0 Å². The molecule has 1 fully saturated rings. The quantitative estimate of drug-likeness (QED) is 0.785. The van der Waals surface area contributed by atoms with E-state index in [4.69, 9.17) is 0 Å². The van der Waals surface area contributed by atoms with E-state index in [9.17, 15) is 9.90 Å². The summed E-state index contributed by atoms with van der Waals surface area (Å²) in [6.45, 7) is 5.19. The molecule has 1 rings (SSSR count). The van der Waals surface area contributed by atoms with E-state index in [0.29, 0.717) is 6.04 Å². The van der Waals surface area contributed by atoms with E-state index < -0.39 is 11.4 Å². The molecule has 0 aromatic carbocycles. The fourth-order valence-electron chi connectivity index (χ4n) is 2.45. The molecule has 0 radical (unpaired) electrons. The van der Waals surface area contributed by atoms with Gasteiger partial charge in [-0.1, -0.05) is 19.3 Å². The van der Waals surface area contributed by atoms with Crippen LogP contribution in [0.1, 0.15) is 52.4 Å². The van der Waals surface area contributed by atoms with Gasteiger partial charge in [-0.25, -0.2) is 0 Å². The maximum absolute atomic E-state index is 11.4. The minimum absolute atomic E-state index is 0.429. The number of hydrogen-bond donors (Lipinski definition) is 1. The number of hydrogen-bond acceptors (Lipinski definition) is 2. The molecule has 94 valence electrons. The molecule has 0 bridgehead atoms. The summed E-state index contributed by atoms with van der Waals surface area (Å²) in [4.78, 5) is 13.7. The van der Waals surface area contributed by atoms with Crippen molar-refractivity contribution in [3.05, 3.63) is 0 Å². The van der Waals surface area contributed by atoms with Crippen LogP contribution in [0.4, 0.5) is 0 Å². The van der Waals surface area contributed by atoms with E-state index in [2.05, 4.69) is 25.8 Å². The van der Waals surface area contributed by atoms with Crippen molar-refractivity contribution in [3.63, 3.8) is 0 Å². The zero-order chi connectivity index (χ0) is 12.2. The molecule has 0 aromatic heterocycles. The van der Waals surface area contributed by atoms with Crippen molar-refractivity contribution in [3.8, 4) is 0 Å². The second-order valence-corrected chi connectivity index (χ2v) is 5.47. The van der Waals surface area contributed by atoms with Crippen LogP contribution in [0.25, 0.3) is 0 Å². The first-order valence-electron chi connectivity index (χ1n) is 6.41. The van der Waals surface area contributed by atoms with Gasteiger partial charge in [-0.15, -0.1) is 0 Å². The minimum atomic E-state index is -0.579. The van der Waals surface area contributed by atoms with E-state index >= 15 is 0 Å². The van der Waals surface area contributed by atoms with E-state index in [1.54, 1.807) is 0 Å². The second-order valence-electron chi connectivity index (χ2n) is 5.47. The summed E-state index contributed by atoms with van der Waals surface area (Å²) in [7, 11) is 2.07. The Morgan fingerprint density at radius 1 is 1.31 bits per heavy atom. The number of carboxylic acid groups (broad SMARTS) is 1. The normalized spacial score (nSPS) is 20.3. The SMILES string of the molecule is CC(C)N(C)CCC1(C(=O)O)CCCCC1. The number of aliphatic carboxylic acids is 1. The Morgan fingerprint density at radius 3 is 2.31 bits per heavy atom. The predicted octanol–water partition coefficient (Wildman–Crippen LogP) is 2.75. The summed E-state index contributed by atoms with van der Waals surface area (Å²) in [5, 5.41) is 9.42. The first-order chi connectivity index (χ1) is 7.48. The molecule has 0 aromatic rings. The monoisotopic (exact) mass is 227 g/mol. The van der Waals surface area contributed by atoms with Gasteiger partial charge >= 0.3 is 5.97 Å². The second kappa shape index (κ2) is 5.67. The lowest BCUT2D eigenvalue weighted by Crippen LogP contribution is -2.38. The molecule has 0 heterocycles. The molecule has 16 heavy (non-hydrogen) atoms. The van der Waals surface area contributed by atoms with Crippen LogP contribution in [0.15, 0.2) is 0 Å². The fraction of sp³-hybridized carbons (Fsp3) is 0.923. The minimum Gasteiger partial charge on any atom is -0.481 e. The summed E-state index contributed by atoms with van der Waals surface area (Å²) in [6, 6.07) is 0.495. The zero-order valence-corrected chi connectivity index (χ0v) is 10.8. The van der Waals surface area contributed by atoms with Gasteiger partial charge in [0.15, 0.2) is 0 Å². The smallest absolute Gasteiger partial charge is 0.309 e. The van der Waals surface area contributed by atoms with Gasteiger partial charge in [0.25, 0.3) is 0 Å². The Bertz CT molecular complexity index is 232. The first-order valence-corrected chi connectivity index (χ1v) is 6.41. The summed E-state index contributed by atoms with van der Waals surface area (Å²) in [5.74, 6) is -0.579. The molecule has 1 saturated carbocycles. The van der Waals surface area contributed by atoms with Crippen LogP contribution in [-0.2, 0) is 4.79 Å². The van der Waals surface area contributed by atoms with Crippen molar-refractivity contribution in [2.24, 2.45) is 5.41 Å². The van der Waals surface area contributed by atoms with Gasteiger partial charge in [0.05, 0.1) is 5.41 Å². The Kier molecular flexibility index (Phi) is 4.78. The summed E-state index contributed by atoms with van der Waals surface area (Å²) < 4.78 is 0. The number of carbonyl (C=O) groups is 1. The van der Waals surface area contributed by atoms with E-state index in [1.807, 2.05) is 0 Å². The molecule has 0 unspecified atom stereocenters. The predicted molar refractivity (Wildman–Crippen MR) is 65.5 cm³/mol. The number of nitrogens with zero attached hydrogens (tertiary/aromatic N) is 1.